The predicted molar refractivity (Wildman–Crippen MR) is 82.1 cm³/mol. The van der Waals surface area contributed by atoms with Gasteiger partial charge in [0.25, 0.3) is 0 Å². The van der Waals surface area contributed by atoms with Crippen LogP contribution in [0.3, 0.4) is 0 Å². The molecule has 0 unspecified atom stereocenters. The highest BCUT2D eigenvalue weighted by Gasteiger charge is 2.16. The van der Waals surface area contributed by atoms with E-state index < -0.39 is 5.97 Å². The summed E-state index contributed by atoms with van der Waals surface area (Å²) in [5.74, 6) is 0.993. The van der Waals surface area contributed by atoms with Gasteiger partial charge >= 0.3 is 5.97 Å². The van der Waals surface area contributed by atoms with E-state index in [1.54, 1.807) is 6.07 Å². The van der Waals surface area contributed by atoms with Crippen molar-refractivity contribution in [3.05, 3.63) is 43.0 Å². The fourth-order valence-corrected chi connectivity index (χ4v) is 2.09. The number of fused-ring (bicyclic) bond motifs is 1. The van der Waals surface area contributed by atoms with Gasteiger partial charge in [0, 0.05) is 22.9 Å². The Morgan fingerprint density at radius 1 is 1.10 bits per heavy atom. The molecule has 0 aromatic heterocycles. The molecular formula is C17H18O4. The maximum atomic E-state index is 11.5. The number of carbonyl (C=O) groups excluding carboxylic acids is 1. The molecule has 0 atom stereocenters. The van der Waals surface area contributed by atoms with Crippen LogP contribution in [0.1, 0.15) is 13.8 Å². The number of benzene rings is 2. The number of rotatable bonds is 6. The molecule has 110 valence electrons. The molecule has 0 aliphatic heterocycles. The monoisotopic (exact) mass is 286 g/mol. The largest absolute Gasteiger partial charge is 0.493 e. The van der Waals surface area contributed by atoms with E-state index in [-0.39, 0.29) is 0 Å². The first kappa shape index (κ1) is 14.9. The molecule has 0 amide bonds. The number of hydrogen-bond acceptors (Lipinski definition) is 4. The van der Waals surface area contributed by atoms with Crippen LogP contribution in [0.2, 0.25) is 0 Å². The van der Waals surface area contributed by atoms with E-state index in [1.807, 2.05) is 38.1 Å². The van der Waals surface area contributed by atoms with E-state index >= 15 is 0 Å². The van der Waals surface area contributed by atoms with Crippen LogP contribution in [-0.4, -0.2) is 19.2 Å². The summed E-state index contributed by atoms with van der Waals surface area (Å²) in [7, 11) is 0. The number of esters is 1. The number of hydrogen-bond donors (Lipinski definition) is 0. The first-order valence-electron chi connectivity index (χ1n) is 6.86. The number of ether oxygens (including phenoxy) is 3. The van der Waals surface area contributed by atoms with Crippen LogP contribution < -0.4 is 14.2 Å². The van der Waals surface area contributed by atoms with Crippen LogP contribution in [0.4, 0.5) is 0 Å². The maximum Gasteiger partial charge on any atom is 0.335 e. The molecule has 0 radical (unpaired) electrons. The Balaban J connectivity index is 2.66. The molecular weight excluding hydrogens is 268 g/mol. The van der Waals surface area contributed by atoms with Gasteiger partial charge in [-0.25, -0.2) is 4.79 Å². The van der Waals surface area contributed by atoms with Gasteiger partial charge in [-0.1, -0.05) is 30.8 Å². The summed E-state index contributed by atoms with van der Waals surface area (Å²) < 4.78 is 16.6. The van der Waals surface area contributed by atoms with Gasteiger partial charge in [0.1, 0.15) is 5.75 Å². The van der Waals surface area contributed by atoms with Gasteiger partial charge in [0.2, 0.25) is 0 Å². The van der Waals surface area contributed by atoms with Gasteiger partial charge in [-0.3, -0.25) is 0 Å². The summed E-state index contributed by atoms with van der Waals surface area (Å²) in [5, 5.41) is 1.76. The van der Waals surface area contributed by atoms with Gasteiger partial charge < -0.3 is 14.2 Å². The first-order chi connectivity index (χ1) is 10.2. The zero-order valence-corrected chi connectivity index (χ0v) is 12.2. The van der Waals surface area contributed by atoms with Gasteiger partial charge in [0.05, 0.1) is 13.2 Å². The van der Waals surface area contributed by atoms with Crippen molar-refractivity contribution < 1.29 is 19.0 Å². The van der Waals surface area contributed by atoms with Crippen LogP contribution in [0, 0.1) is 0 Å². The second-order valence-electron chi connectivity index (χ2n) is 4.24. The van der Waals surface area contributed by atoms with Crippen molar-refractivity contribution in [2.24, 2.45) is 0 Å². The summed E-state index contributed by atoms with van der Waals surface area (Å²) in [6, 6.07) is 9.37. The van der Waals surface area contributed by atoms with E-state index in [0.29, 0.717) is 30.5 Å². The minimum absolute atomic E-state index is 0.337. The molecule has 0 heterocycles. The Hall–Kier alpha value is -2.49. The molecule has 4 nitrogen and oxygen atoms in total. The molecule has 0 aliphatic rings. The molecule has 2 aromatic rings. The smallest absolute Gasteiger partial charge is 0.335 e. The summed E-state index contributed by atoms with van der Waals surface area (Å²) in [4.78, 5) is 11.5. The van der Waals surface area contributed by atoms with Crippen molar-refractivity contribution in [2.45, 2.75) is 13.8 Å². The Morgan fingerprint density at radius 2 is 1.76 bits per heavy atom. The minimum atomic E-state index is -0.534. The van der Waals surface area contributed by atoms with E-state index in [1.165, 1.54) is 0 Å². The predicted octanol–water partition coefficient (Wildman–Crippen LogP) is 3.73. The fraction of sp³-hybridized carbons (Fsp3) is 0.235. The lowest BCUT2D eigenvalue weighted by Crippen LogP contribution is -2.06. The summed E-state index contributed by atoms with van der Waals surface area (Å²) >= 11 is 0. The third kappa shape index (κ3) is 3.16. The zero-order valence-electron chi connectivity index (χ0n) is 12.2. The molecule has 0 saturated carbocycles. The molecule has 0 N–H and O–H groups in total. The van der Waals surface area contributed by atoms with E-state index in [0.717, 1.165) is 16.8 Å². The second-order valence-corrected chi connectivity index (χ2v) is 4.24. The minimum Gasteiger partial charge on any atom is -0.493 e. The molecule has 21 heavy (non-hydrogen) atoms. The van der Waals surface area contributed by atoms with Crippen molar-refractivity contribution >= 4 is 16.7 Å². The Morgan fingerprint density at radius 3 is 2.38 bits per heavy atom. The van der Waals surface area contributed by atoms with Gasteiger partial charge in [-0.15, -0.1) is 0 Å². The quantitative estimate of drug-likeness (QED) is 0.461. The van der Waals surface area contributed by atoms with E-state index in [4.69, 9.17) is 14.2 Å². The molecule has 0 spiro atoms. The normalized spacial score (nSPS) is 10.2. The third-order valence-electron chi connectivity index (χ3n) is 2.89. The average Bonchev–Trinajstić information content (AvgIpc) is 2.51. The van der Waals surface area contributed by atoms with Crippen LogP contribution in [-0.2, 0) is 4.79 Å². The Bertz CT molecular complexity index is 661. The highest BCUT2D eigenvalue weighted by molar-refractivity contribution is 5.97. The van der Waals surface area contributed by atoms with Crippen molar-refractivity contribution in [1.29, 1.82) is 0 Å². The topological polar surface area (TPSA) is 44.8 Å². The number of carbonyl (C=O) groups is 1. The lowest BCUT2D eigenvalue weighted by molar-refractivity contribution is -0.129. The summed E-state index contributed by atoms with van der Waals surface area (Å²) in [6.45, 7) is 8.18. The van der Waals surface area contributed by atoms with Crippen molar-refractivity contribution in [3.63, 3.8) is 0 Å². The van der Waals surface area contributed by atoms with E-state index in [9.17, 15) is 4.79 Å². The van der Waals surface area contributed by atoms with Crippen molar-refractivity contribution in [3.8, 4) is 17.2 Å². The first-order valence-corrected chi connectivity index (χ1v) is 6.86. The van der Waals surface area contributed by atoms with Crippen molar-refractivity contribution in [2.75, 3.05) is 13.2 Å². The van der Waals surface area contributed by atoms with Gasteiger partial charge in [0.15, 0.2) is 11.5 Å². The Kier molecular flexibility index (Phi) is 4.82. The highest BCUT2D eigenvalue weighted by atomic mass is 16.6. The van der Waals surface area contributed by atoms with Crippen LogP contribution in [0.25, 0.3) is 10.8 Å². The standard InChI is InChI=1S/C17H18O4/c1-4-16(18)21-15-11-14(19-5-2)12-9-7-8-10-13(12)17(15)20-6-3/h4,7-11H,1,5-6H2,2-3H3. The molecule has 0 aliphatic carbocycles. The van der Waals surface area contributed by atoms with Gasteiger partial charge in [-0.05, 0) is 13.8 Å². The molecule has 2 aromatic carbocycles. The maximum absolute atomic E-state index is 11.5. The average molecular weight is 286 g/mol. The van der Waals surface area contributed by atoms with E-state index in [2.05, 4.69) is 6.58 Å². The molecule has 0 fully saturated rings. The van der Waals surface area contributed by atoms with Crippen LogP contribution in [0.15, 0.2) is 43.0 Å². The molecule has 4 heteroatoms. The third-order valence-corrected chi connectivity index (χ3v) is 2.89. The summed E-state index contributed by atoms with van der Waals surface area (Å²) in [6.07, 6.45) is 1.12. The zero-order chi connectivity index (χ0) is 15.2. The van der Waals surface area contributed by atoms with Crippen LogP contribution >= 0.6 is 0 Å². The molecule has 2 rings (SSSR count). The van der Waals surface area contributed by atoms with Crippen LogP contribution in [0.5, 0.6) is 17.2 Å². The Labute approximate surface area is 123 Å². The highest BCUT2D eigenvalue weighted by Crippen LogP contribution is 2.41. The van der Waals surface area contributed by atoms with Gasteiger partial charge in [-0.2, -0.15) is 0 Å². The molecule has 0 saturated heterocycles. The van der Waals surface area contributed by atoms with Crippen molar-refractivity contribution in [1.82, 2.24) is 0 Å². The lowest BCUT2D eigenvalue weighted by atomic mass is 10.1. The second kappa shape index (κ2) is 6.79. The molecule has 0 bridgehead atoms. The fourth-order valence-electron chi connectivity index (χ4n) is 2.09. The summed E-state index contributed by atoms with van der Waals surface area (Å²) in [5.41, 5.74) is 0. The SMILES string of the molecule is C=CC(=O)Oc1cc(OCC)c2ccccc2c1OCC. The lowest BCUT2D eigenvalue weighted by Gasteiger charge is -2.16.